The summed E-state index contributed by atoms with van der Waals surface area (Å²) in [7, 11) is 0. The highest BCUT2D eigenvalue weighted by molar-refractivity contribution is 6.33. The molecule has 0 spiro atoms. The van der Waals surface area contributed by atoms with Crippen molar-refractivity contribution in [3.63, 3.8) is 0 Å². The van der Waals surface area contributed by atoms with Gasteiger partial charge in [0.2, 0.25) is 0 Å². The van der Waals surface area contributed by atoms with Crippen molar-refractivity contribution in [2.75, 3.05) is 16.8 Å². The molecule has 0 bridgehead atoms. The van der Waals surface area contributed by atoms with Gasteiger partial charge in [-0.25, -0.2) is 4.39 Å². The van der Waals surface area contributed by atoms with Gasteiger partial charge in [0.05, 0.1) is 17.1 Å². The largest absolute Gasteiger partial charge is 0.397 e. The van der Waals surface area contributed by atoms with Gasteiger partial charge in [-0.2, -0.15) is 0 Å². The molecule has 5 N–H and O–H groups in total. The Labute approximate surface area is 131 Å². The first kappa shape index (κ1) is 16.2. The molecule has 1 aliphatic carbocycles. The SMILES string of the molecule is CC1(C)CC(Nc2c(N)cc(N)c(Cl)c2F)CC(C)(C)C1. The lowest BCUT2D eigenvalue weighted by molar-refractivity contribution is 0.105. The molecular weight excluding hydrogens is 289 g/mol. The van der Waals surface area contributed by atoms with Gasteiger partial charge >= 0.3 is 0 Å². The molecule has 1 saturated carbocycles. The second-order valence-corrected chi connectivity index (χ2v) is 8.19. The molecule has 1 fully saturated rings. The number of anilines is 3. The maximum atomic E-state index is 14.3. The summed E-state index contributed by atoms with van der Waals surface area (Å²) in [5.74, 6) is -0.560. The van der Waals surface area contributed by atoms with Gasteiger partial charge in [0.25, 0.3) is 0 Å². The van der Waals surface area contributed by atoms with Crippen molar-refractivity contribution in [1.29, 1.82) is 0 Å². The van der Waals surface area contributed by atoms with Gasteiger partial charge in [0.15, 0.2) is 5.82 Å². The molecule has 1 aromatic carbocycles. The Balaban J connectivity index is 2.28. The average molecular weight is 314 g/mol. The minimum Gasteiger partial charge on any atom is -0.397 e. The summed E-state index contributed by atoms with van der Waals surface area (Å²) in [4.78, 5) is 0. The van der Waals surface area contributed by atoms with Crippen LogP contribution in [-0.2, 0) is 0 Å². The third-order valence-corrected chi connectivity index (χ3v) is 4.55. The maximum absolute atomic E-state index is 14.3. The first-order chi connectivity index (χ1) is 9.51. The molecule has 118 valence electrons. The van der Waals surface area contributed by atoms with E-state index in [0.29, 0.717) is 5.69 Å². The van der Waals surface area contributed by atoms with E-state index in [0.717, 1.165) is 19.3 Å². The highest BCUT2D eigenvalue weighted by atomic mass is 35.5. The zero-order valence-corrected chi connectivity index (χ0v) is 13.9. The van der Waals surface area contributed by atoms with E-state index < -0.39 is 5.82 Å². The van der Waals surface area contributed by atoms with Crippen LogP contribution in [0.2, 0.25) is 5.02 Å². The summed E-state index contributed by atoms with van der Waals surface area (Å²) >= 11 is 5.89. The fraction of sp³-hybridized carbons (Fsp3) is 0.625. The molecule has 0 aromatic heterocycles. The second-order valence-electron chi connectivity index (χ2n) is 7.81. The fourth-order valence-electron chi connectivity index (χ4n) is 3.97. The lowest BCUT2D eigenvalue weighted by atomic mass is 9.63. The predicted octanol–water partition coefficient (Wildman–Crippen LogP) is 4.66. The van der Waals surface area contributed by atoms with Crippen molar-refractivity contribution in [2.24, 2.45) is 10.8 Å². The molecule has 0 aliphatic heterocycles. The Morgan fingerprint density at radius 2 is 1.67 bits per heavy atom. The summed E-state index contributed by atoms with van der Waals surface area (Å²) in [6.07, 6.45) is 3.09. The molecule has 0 heterocycles. The molecule has 0 amide bonds. The van der Waals surface area contributed by atoms with Gasteiger partial charge in [0.1, 0.15) is 5.02 Å². The van der Waals surface area contributed by atoms with Crippen molar-refractivity contribution in [3.05, 3.63) is 16.9 Å². The number of halogens is 2. The van der Waals surface area contributed by atoms with Gasteiger partial charge in [-0.15, -0.1) is 0 Å². The van der Waals surface area contributed by atoms with Crippen LogP contribution in [0.3, 0.4) is 0 Å². The quantitative estimate of drug-likeness (QED) is 0.696. The van der Waals surface area contributed by atoms with Crippen molar-refractivity contribution < 1.29 is 4.39 Å². The lowest BCUT2D eigenvalue weighted by Crippen LogP contribution is -2.40. The zero-order chi connectivity index (χ0) is 16.0. The highest BCUT2D eigenvalue weighted by Gasteiger charge is 2.38. The summed E-state index contributed by atoms with van der Waals surface area (Å²) in [6.45, 7) is 8.99. The number of nitrogens with one attached hydrogen (secondary N) is 1. The van der Waals surface area contributed by atoms with Crippen LogP contribution >= 0.6 is 11.6 Å². The standard InChI is InChI=1S/C16H25ClFN3/c1-15(2)6-9(7-16(3,4)8-15)21-14-11(20)5-10(19)12(17)13(14)18/h5,9,21H,6-8,19-20H2,1-4H3. The normalized spacial score (nSPS) is 21.2. The summed E-state index contributed by atoms with van der Waals surface area (Å²) in [5.41, 5.74) is 12.7. The van der Waals surface area contributed by atoms with Crippen LogP contribution in [0.4, 0.5) is 21.5 Å². The lowest BCUT2D eigenvalue weighted by Gasteiger charge is -2.45. The first-order valence-corrected chi connectivity index (χ1v) is 7.68. The van der Waals surface area contributed by atoms with E-state index in [2.05, 4.69) is 33.0 Å². The van der Waals surface area contributed by atoms with Crippen molar-refractivity contribution >= 4 is 28.7 Å². The van der Waals surface area contributed by atoms with Crippen LogP contribution in [0.25, 0.3) is 0 Å². The van der Waals surface area contributed by atoms with Gasteiger partial charge in [-0.1, -0.05) is 39.3 Å². The van der Waals surface area contributed by atoms with Crippen molar-refractivity contribution in [3.8, 4) is 0 Å². The first-order valence-electron chi connectivity index (χ1n) is 7.30. The number of nitrogens with two attached hydrogens (primary N) is 2. The van der Waals surface area contributed by atoms with Crippen LogP contribution in [-0.4, -0.2) is 6.04 Å². The van der Waals surface area contributed by atoms with Crippen LogP contribution in [0.1, 0.15) is 47.0 Å². The molecule has 1 aromatic rings. The van der Waals surface area contributed by atoms with Gasteiger partial charge in [-0.3, -0.25) is 0 Å². The van der Waals surface area contributed by atoms with Gasteiger partial charge in [0, 0.05) is 6.04 Å². The molecule has 0 saturated heterocycles. The van der Waals surface area contributed by atoms with E-state index in [1.807, 2.05) is 0 Å². The summed E-state index contributed by atoms with van der Waals surface area (Å²) in [6, 6.07) is 1.67. The van der Waals surface area contributed by atoms with E-state index >= 15 is 0 Å². The molecule has 2 rings (SSSR count). The Hall–Kier alpha value is -1.16. The molecule has 1 aliphatic rings. The van der Waals surface area contributed by atoms with E-state index in [-0.39, 0.29) is 33.3 Å². The minimum atomic E-state index is -0.560. The van der Waals surface area contributed by atoms with E-state index in [1.54, 1.807) is 0 Å². The number of hydrogen-bond acceptors (Lipinski definition) is 3. The number of nitrogen functional groups attached to an aromatic ring is 2. The fourth-order valence-corrected chi connectivity index (χ4v) is 4.11. The van der Waals surface area contributed by atoms with E-state index in [1.165, 1.54) is 6.07 Å². The molecule has 0 radical (unpaired) electrons. The van der Waals surface area contributed by atoms with E-state index in [4.69, 9.17) is 23.1 Å². The Morgan fingerprint density at radius 1 is 1.14 bits per heavy atom. The van der Waals surface area contributed by atoms with Crippen molar-refractivity contribution in [2.45, 2.75) is 53.0 Å². The van der Waals surface area contributed by atoms with Gasteiger partial charge in [-0.05, 0) is 36.2 Å². The topological polar surface area (TPSA) is 64.1 Å². The Morgan fingerprint density at radius 3 is 2.19 bits per heavy atom. The Bertz CT molecular complexity index is 539. The van der Waals surface area contributed by atoms with Crippen LogP contribution in [0, 0.1) is 16.6 Å². The monoisotopic (exact) mass is 313 g/mol. The van der Waals surface area contributed by atoms with Crippen LogP contribution < -0.4 is 16.8 Å². The molecule has 0 unspecified atom stereocenters. The number of hydrogen-bond donors (Lipinski definition) is 3. The third kappa shape index (κ3) is 3.54. The maximum Gasteiger partial charge on any atom is 0.169 e. The minimum absolute atomic E-state index is 0.0685. The third-order valence-electron chi connectivity index (χ3n) is 4.17. The predicted molar refractivity (Wildman–Crippen MR) is 89.1 cm³/mol. The summed E-state index contributed by atoms with van der Waals surface area (Å²) < 4.78 is 14.3. The number of rotatable bonds is 2. The summed E-state index contributed by atoms with van der Waals surface area (Å²) in [5, 5.41) is 3.19. The molecular formula is C16H25ClFN3. The van der Waals surface area contributed by atoms with Crippen molar-refractivity contribution in [1.82, 2.24) is 0 Å². The molecule has 5 heteroatoms. The smallest absolute Gasteiger partial charge is 0.169 e. The van der Waals surface area contributed by atoms with E-state index in [9.17, 15) is 4.39 Å². The van der Waals surface area contributed by atoms with Gasteiger partial charge < -0.3 is 16.8 Å². The zero-order valence-electron chi connectivity index (χ0n) is 13.2. The second kappa shape index (κ2) is 5.24. The number of benzene rings is 1. The molecule has 21 heavy (non-hydrogen) atoms. The average Bonchev–Trinajstić information content (AvgIpc) is 2.28. The molecule has 3 nitrogen and oxygen atoms in total. The molecule has 0 atom stereocenters. The van der Waals surface area contributed by atoms with Crippen LogP contribution in [0.15, 0.2) is 6.07 Å². The van der Waals surface area contributed by atoms with Crippen LogP contribution in [0.5, 0.6) is 0 Å². The highest BCUT2D eigenvalue weighted by Crippen LogP contribution is 2.47. The Kier molecular flexibility index (Phi) is 4.04.